The maximum Gasteiger partial charge on any atom is 0.301 e. The molecule has 3 heterocycles. The van der Waals surface area contributed by atoms with Crippen molar-refractivity contribution in [2.75, 3.05) is 18.1 Å². The first-order chi connectivity index (χ1) is 19.6. The molecule has 1 aromatic heterocycles. The van der Waals surface area contributed by atoms with Crippen LogP contribution in [0.3, 0.4) is 0 Å². The van der Waals surface area contributed by atoms with Crippen LogP contribution >= 0.6 is 11.3 Å². The molecule has 0 unspecified atom stereocenters. The molecule has 0 bridgehead atoms. The summed E-state index contributed by atoms with van der Waals surface area (Å²) in [6.45, 7) is 11.2. The van der Waals surface area contributed by atoms with E-state index in [2.05, 4.69) is 11.6 Å². The van der Waals surface area contributed by atoms with Crippen molar-refractivity contribution in [3.05, 3.63) is 81.9 Å². The minimum Gasteiger partial charge on any atom is -0.507 e. The first-order valence-corrected chi connectivity index (χ1v) is 14.1. The van der Waals surface area contributed by atoms with Gasteiger partial charge in [0.25, 0.3) is 5.78 Å². The van der Waals surface area contributed by atoms with Crippen LogP contribution in [0.1, 0.15) is 58.9 Å². The summed E-state index contributed by atoms with van der Waals surface area (Å²) in [5.41, 5.74) is 2.14. The summed E-state index contributed by atoms with van der Waals surface area (Å²) in [6.07, 6.45) is 2.26. The van der Waals surface area contributed by atoms with Crippen LogP contribution in [0.5, 0.6) is 17.2 Å². The van der Waals surface area contributed by atoms with E-state index < -0.39 is 17.7 Å². The van der Waals surface area contributed by atoms with Crippen molar-refractivity contribution in [1.29, 1.82) is 0 Å². The number of ketones is 2. The van der Waals surface area contributed by atoms with Gasteiger partial charge in [-0.25, -0.2) is 4.98 Å². The Hall–Kier alpha value is -4.44. The fraction of sp³-hybridized carbons (Fsp3) is 0.290. The molecule has 10 heteroatoms. The second-order valence-electron chi connectivity index (χ2n) is 9.83. The Balaban J connectivity index is 1.70. The molecule has 0 radical (unpaired) electrons. The minimum absolute atomic E-state index is 0.00426. The molecule has 2 aliphatic heterocycles. The summed E-state index contributed by atoms with van der Waals surface area (Å²) in [5.74, 6) is -0.648. The molecule has 5 rings (SSSR count). The number of hydrogen-bond acceptors (Lipinski definition) is 9. The zero-order chi connectivity index (χ0) is 29.4. The quantitative estimate of drug-likeness (QED) is 0.116. The van der Waals surface area contributed by atoms with Gasteiger partial charge in [-0.1, -0.05) is 30.1 Å². The number of amides is 1. The average molecular weight is 575 g/mol. The van der Waals surface area contributed by atoms with Crippen LogP contribution in [0.2, 0.25) is 0 Å². The predicted molar refractivity (Wildman–Crippen MR) is 155 cm³/mol. The number of hydrogen-bond donors (Lipinski definition) is 1. The van der Waals surface area contributed by atoms with Gasteiger partial charge in [-0.05, 0) is 62.2 Å². The average Bonchev–Trinajstić information content (AvgIpc) is 3.59. The Morgan fingerprint density at radius 1 is 1.22 bits per heavy atom. The van der Waals surface area contributed by atoms with Gasteiger partial charge in [-0.15, -0.1) is 0 Å². The zero-order valence-electron chi connectivity index (χ0n) is 23.2. The molecule has 2 aliphatic rings. The van der Waals surface area contributed by atoms with Crippen LogP contribution in [0.4, 0.5) is 5.13 Å². The second kappa shape index (κ2) is 11.2. The number of ether oxygens (including phenoxy) is 3. The van der Waals surface area contributed by atoms with Gasteiger partial charge in [0.15, 0.2) is 22.4 Å². The standard InChI is InChI=1S/C31H30N2O7S/c1-6-12-39-23-11-8-19(15-24(23)38-7-2)26-25(27(35)20-9-10-22-21(14-20)13-16(3)40-22)28(36)30(37)33(26)31-32-17(4)29(41-31)18(5)34/h6,8-11,14-16,26,35H,1,7,12-13H2,2-5H3/t16-,26-/m1/s1. The van der Waals surface area contributed by atoms with Crippen LogP contribution in [0, 0.1) is 6.92 Å². The molecule has 0 aliphatic carbocycles. The number of aryl methyl sites for hydroxylation is 1. The van der Waals surface area contributed by atoms with E-state index in [9.17, 15) is 19.5 Å². The molecule has 2 atom stereocenters. The number of fused-ring (bicyclic) bond motifs is 1. The lowest BCUT2D eigenvalue weighted by Crippen LogP contribution is -2.29. The van der Waals surface area contributed by atoms with Gasteiger partial charge in [-0.2, -0.15) is 0 Å². The Morgan fingerprint density at radius 3 is 2.68 bits per heavy atom. The Morgan fingerprint density at radius 2 is 2.00 bits per heavy atom. The SMILES string of the molecule is C=CCOc1ccc([C@@H]2C(=C(O)c3ccc4c(c3)C[C@@H](C)O4)C(=O)C(=O)N2c2nc(C)c(C(C)=O)s2)cc1OCC. The van der Waals surface area contributed by atoms with Gasteiger partial charge in [-0.3, -0.25) is 19.3 Å². The predicted octanol–water partition coefficient (Wildman–Crippen LogP) is 5.57. The van der Waals surface area contributed by atoms with Crippen molar-refractivity contribution < 1.29 is 33.7 Å². The monoisotopic (exact) mass is 574 g/mol. The van der Waals surface area contributed by atoms with Crippen LogP contribution < -0.4 is 19.1 Å². The van der Waals surface area contributed by atoms with Crippen LogP contribution in [0.15, 0.2) is 54.6 Å². The van der Waals surface area contributed by atoms with Crippen LogP contribution in [-0.4, -0.2) is 46.9 Å². The summed E-state index contributed by atoms with van der Waals surface area (Å²) in [6, 6.07) is 9.23. The van der Waals surface area contributed by atoms with Gasteiger partial charge in [0.1, 0.15) is 24.2 Å². The van der Waals surface area contributed by atoms with E-state index in [-0.39, 0.29) is 35.0 Å². The van der Waals surface area contributed by atoms with E-state index in [0.717, 1.165) is 22.6 Å². The van der Waals surface area contributed by atoms with E-state index in [0.29, 0.717) is 46.2 Å². The van der Waals surface area contributed by atoms with Crippen LogP contribution in [-0.2, 0) is 16.0 Å². The third kappa shape index (κ3) is 5.11. The molecular formula is C31H30N2O7S. The highest BCUT2D eigenvalue weighted by Crippen LogP contribution is 2.46. The van der Waals surface area contributed by atoms with Crippen molar-refractivity contribution in [3.8, 4) is 17.2 Å². The first-order valence-electron chi connectivity index (χ1n) is 13.2. The van der Waals surface area contributed by atoms with Crippen molar-refractivity contribution >= 4 is 39.7 Å². The normalized spacial score (nSPS) is 19.2. The fourth-order valence-corrected chi connectivity index (χ4v) is 6.10. The molecule has 41 heavy (non-hydrogen) atoms. The molecule has 0 spiro atoms. The molecule has 9 nitrogen and oxygen atoms in total. The second-order valence-corrected chi connectivity index (χ2v) is 10.8. The molecule has 1 amide bonds. The molecule has 1 saturated heterocycles. The Kier molecular flexibility index (Phi) is 7.68. The first kappa shape index (κ1) is 28.1. The van der Waals surface area contributed by atoms with Crippen LogP contribution in [0.25, 0.3) is 5.76 Å². The number of aliphatic hydroxyl groups is 1. The van der Waals surface area contributed by atoms with Crippen molar-refractivity contribution in [3.63, 3.8) is 0 Å². The summed E-state index contributed by atoms with van der Waals surface area (Å²) in [4.78, 5) is 45.5. The number of Topliss-reactive ketones (excluding diaryl/α,β-unsaturated/α-hetero) is 2. The highest BCUT2D eigenvalue weighted by Gasteiger charge is 2.48. The number of thiazole rings is 1. The van der Waals surface area contributed by atoms with Gasteiger partial charge < -0.3 is 19.3 Å². The summed E-state index contributed by atoms with van der Waals surface area (Å²) in [5, 5.41) is 11.8. The molecular weight excluding hydrogens is 544 g/mol. The van der Waals surface area contributed by atoms with E-state index in [1.54, 1.807) is 49.4 Å². The number of aromatic nitrogens is 1. The van der Waals surface area contributed by atoms with Gasteiger partial charge >= 0.3 is 5.91 Å². The lowest BCUT2D eigenvalue weighted by atomic mass is 9.94. The highest BCUT2D eigenvalue weighted by atomic mass is 32.1. The lowest BCUT2D eigenvalue weighted by Gasteiger charge is -2.24. The number of nitrogens with zero attached hydrogens (tertiary/aromatic N) is 2. The van der Waals surface area contributed by atoms with Gasteiger partial charge in [0, 0.05) is 18.9 Å². The number of aliphatic hydroxyl groups excluding tert-OH is 1. The van der Waals surface area contributed by atoms with E-state index in [1.807, 2.05) is 13.8 Å². The van der Waals surface area contributed by atoms with Crippen molar-refractivity contribution in [1.82, 2.24) is 4.98 Å². The molecule has 2 aromatic carbocycles. The largest absolute Gasteiger partial charge is 0.507 e. The number of carbonyl (C=O) groups is 3. The van der Waals surface area contributed by atoms with Crippen molar-refractivity contribution in [2.24, 2.45) is 0 Å². The van der Waals surface area contributed by atoms with E-state index in [1.165, 1.54) is 11.8 Å². The van der Waals surface area contributed by atoms with E-state index >= 15 is 0 Å². The maximum absolute atomic E-state index is 13.6. The number of anilines is 1. The highest BCUT2D eigenvalue weighted by molar-refractivity contribution is 7.18. The molecule has 1 fully saturated rings. The minimum atomic E-state index is -1.04. The number of carbonyl (C=O) groups excluding carboxylic acids is 3. The van der Waals surface area contributed by atoms with Crippen molar-refractivity contribution in [2.45, 2.75) is 46.3 Å². The summed E-state index contributed by atoms with van der Waals surface area (Å²) >= 11 is 1.03. The third-order valence-electron chi connectivity index (χ3n) is 6.87. The zero-order valence-corrected chi connectivity index (χ0v) is 24.0. The molecule has 212 valence electrons. The number of benzene rings is 2. The fourth-order valence-electron chi connectivity index (χ4n) is 5.11. The molecule has 1 N–H and O–H groups in total. The number of rotatable bonds is 9. The molecule has 0 saturated carbocycles. The molecule has 3 aromatic rings. The summed E-state index contributed by atoms with van der Waals surface area (Å²) in [7, 11) is 0. The Bertz CT molecular complexity index is 1610. The van der Waals surface area contributed by atoms with Gasteiger partial charge in [0.2, 0.25) is 0 Å². The smallest absolute Gasteiger partial charge is 0.301 e. The summed E-state index contributed by atoms with van der Waals surface area (Å²) < 4.78 is 17.4. The van der Waals surface area contributed by atoms with Gasteiger partial charge in [0.05, 0.1) is 28.8 Å². The van der Waals surface area contributed by atoms with E-state index in [4.69, 9.17) is 14.2 Å². The Labute approximate surface area is 241 Å². The topological polar surface area (TPSA) is 115 Å². The third-order valence-corrected chi connectivity index (χ3v) is 8.12. The maximum atomic E-state index is 13.6. The lowest BCUT2D eigenvalue weighted by molar-refractivity contribution is -0.132.